The molecule has 0 radical (unpaired) electrons. The Balaban J connectivity index is 0.00000324. The predicted octanol–water partition coefficient (Wildman–Crippen LogP) is 3.99. The molecule has 0 aliphatic heterocycles. The Morgan fingerprint density at radius 2 is 1.63 bits per heavy atom. The molecule has 0 fully saturated rings. The van der Waals surface area contributed by atoms with E-state index in [4.69, 9.17) is 11.6 Å². The van der Waals surface area contributed by atoms with Crippen LogP contribution in [0.4, 0.5) is 0 Å². The fraction of sp³-hybridized carbons (Fsp3) is 0.571. The molecule has 110 valence electrons. The summed E-state index contributed by atoms with van der Waals surface area (Å²) in [6, 6.07) is 3.26. The van der Waals surface area contributed by atoms with Gasteiger partial charge in [-0.05, 0) is 44.0 Å². The van der Waals surface area contributed by atoms with E-state index in [2.05, 4.69) is 18.7 Å². The second-order valence-electron chi connectivity index (χ2n) is 4.50. The summed E-state index contributed by atoms with van der Waals surface area (Å²) in [5, 5.41) is 19.2. The highest BCUT2D eigenvalue weighted by Gasteiger charge is 2.11. The summed E-state index contributed by atoms with van der Waals surface area (Å²) in [7, 11) is 0. The van der Waals surface area contributed by atoms with Gasteiger partial charge in [-0.15, -0.1) is 17.0 Å². The lowest BCUT2D eigenvalue weighted by Gasteiger charge is -2.21. The van der Waals surface area contributed by atoms with E-state index < -0.39 is 0 Å². The van der Waals surface area contributed by atoms with Crippen molar-refractivity contribution in [2.45, 2.75) is 33.1 Å². The highest BCUT2D eigenvalue weighted by Crippen LogP contribution is 2.35. The van der Waals surface area contributed by atoms with Gasteiger partial charge >= 0.3 is 0 Å². The quantitative estimate of drug-likeness (QED) is 0.729. The SMILES string of the molecule is Br.CCCN(CCC)CCc1ccc(O)c(O)c1Cl. The molecule has 0 spiro atoms. The monoisotopic (exact) mass is 351 g/mol. The van der Waals surface area contributed by atoms with Crippen LogP contribution in [-0.2, 0) is 6.42 Å². The average molecular weight is 353 g/mol. The molecule has 0 aromatic heterocycles. The molecule has 0 aliphatic carbocycles. The third-order valence-corrected chi connectivity index (χ3v) is 3.37. The Labute approximate surface area is 131 Å². The second-order valence-corrected chi connectivity index (χ2v) is 4.88. The Bertz CT molecular complexity index is 382. The zero-order valence-electron chi connectivity index (χ0n) is 11.5. The van der Waals surface area contributed by atoms with Gasteiger partial charge in [-0.2, -0.15) is 0 Å². The van der Waals surface area contributed by atoms with Crippen LogP contribution in [0.3, 0.4) is 0 Å². The lowest BCUT2D eigenvalue weighted by Crippen LogP contribution is -2.27. The maximum Gasteiger partial charge on any atom is 0.176 e. The highest BCUT2D eigenvalue weighted by molar-refractivity contribution is 8.93. The van der Waals surface area contributed by atoms with Gasteiger partial charge in [0.05, 0.1) is 5.02 Å². The summed E-state index contributed by atoms with van der Waals surface area (Å²) < 4.78 is 0. The molecule has 0 aliphatic rings. The van der Waals surface area contributed by atoms with Gasteiger partial charge in [0.25, 0.3) is 0 Å². The van der Waals surface area contributed by atoms with E-state index >= 15 is 0 Å². The summed E-state index contributed by atoms with van der Waals surface area (Å²) in [5.41, 5.74) is 0.879. The Morgan fingerprint density at radius 3 is 2.16 bits per heavy atom. The van der Waals surface area contributed by atoms with Crippen LogP contribution in [-0.4, -0.2) is 34.7 Å². The summed E-state index contributed by atoms with van der Waals surface area (Å²) >= 11 is 6.01. The molecular formula is C14H23BrClNO2. The molecule has 0 bridgehead atoms. The van der Waals surface area contributed by atoms with Crippen molar-refractivity contribution in [3.05, 3.63) is 22.7 Å². The smallest absolute Gasteiger partial charge is 0.176 e. The molecule has 0 amide bonds. The van der Waals surface area contributed by atoms with Crippen LogP contribution >= 0.6 is 28.6 Å². The van der Waals surface area contributed by atoms with Gasteiger partial charge in [0.2, 0.25) is 0 Å². The fourth-order valence-corrected chi connectivity index (χ4v) is 2.29. The predicted molar refractivity (Wildman–Crippen MR) is 85.8 cm³/mol. The zero-order valence-corrected chi connectivity index (χ0v) is 14.0. The fourth-order valence-electron chi connectivity index (χ4n) is 2.04. The number of phenols is 2. The van der Waals surface area contributed by atoms with Gasteiger partial charge < -0.3 is 15.1 Å². The number of benzene rings is 1. The molecule has 0 unspecified atom stereocenters. The standard InChI is InChI=1S/C14H22ClNO2.BrH/c1-3-8-16(9-4-2)10-7-11-5-6-12(17)14(18)13(11)15;/h5-6,17-18H,3-4,7-10H2,1-2H3;1H. The summed E-state index contributed by atoms with van der Waals surface area (Å²) in [6.45, 7) is 7.42. The van der Waals surface area contributed by atoms with E-state index in [1.807, 2.05) is 0 Å². The van der Waals surface area contributed by atoms with E-state index in [9.17, 15) is 10.2 Å². The molecule has 1 aromatic rings. The van der Waals surface area contributed by atoms with E-state index in [0.29, 0.717) is 0 Å². The molecule has 3 nitrogen and oxygen atoms in total. The minimum absolute atomic E-state index is 0. The number of halogens is 2. The number of rotatable bonds is 7. The van der Waals surface area contributed by atoms with Crippen molar-refractivity contribution in [3.63, 3.8) is 0 Å². The molecule has 1 rings (SSSR count). The van der Waals surface area contributed by atoms with Gasteiger partial charge in [-0.3, -0.25) is 0 Å². The highest BCUT2D eigenvalue weighted by atomic mass is 79.9. The van der Waals surface area contributed by atoms with Crippen LogP contribution in [0.1, 0.15) is 32.3 Å². The third-order valence-electron chi connectivity index (χ3n) is 2.95. The van der Waals surface area contributed by atoms with Crippen LogP contribution in [0.5, 0.6) is 11.5 Å². The lowest BCUT2D eigenvalue weighted by molar-refractivity contribution is 0.278. The maximum atomic E-state index is 9.56. The van der Waals surface area contributed by atoms with Crippen molar-refractivity contribution in [2.24, 2.45) is 0 Å². The first-order valence-electron chi connectivity index (χ1n) is 6.51. The molecule has 1 aromatic carbocycles. The van der Waals surface area contributed by atoms with E-state index in [1.54, 1.807) is 6.07 Å². The van der Waals surface area contributed by atoms with Gasteiger partial charge in [0, 0.05) is 6.54 Å². The van der Waals surface area contributed by atoms with Gasteiger partial charge in [0.1, 0.15) is 0 Å². The molecule has 5 heteroatoms. The first-order valence-corrected chi connectivity index (χ1v) is 6.89. The Kier molecular flexibility index (Phi) is 9.23. The second kappa shape index (κ2) is 9.45. The van der Waals surface area contributed by atoms with Crippen molar-refractivity contribution >= 4 is 28.6 Å². The zero-order chi connectivity index (χ0) is 13.5. The van der Waals surface area contributed by atoms with Crippen molar-refractivity contribution in [1.82, 2.24) is 4.90 Å². The van der Waals surface area contributed by atoms with Gasteiger partial charge in [0.15, 0.2) is 11.5 Å². The molecule has 2 N–H and O–H groups in total. The van der Waals surface area contributed by atoms with Crippen molar-refractivity contribution < 1.29 is 10.2 Å². The normalized spacial score (nSPS) is 10.5. The van der Waals surface area contributed by atoms with Crippen LogP contribution in [0.2, 0.25) is 5.02 Å². The maximum absolute atomic E-state index is 9.56. The van der Waals surface area contributed by atoms with Crippen molar-refractivity contribution in [2.75, 3.05) is 19.6 Å². The molecule has 19 heavy (non-hydrogen) atoms. The van der Waals surface area contributed by atoms with E-state index in [-0.39, 0.29) is 33.5 Å². The van der Waals surface area contributed by atoms with Crippen LogP contribution in [0.25, 0.3) is 0 Å². The van der Waals surface area contributed by atoms with E-state index in [1.165, 1.54) is 6.07 Å². The molecular weight excluding hydrogens is 330 g/mol. The first kappa shape index (κ1) is 18.6. The molecule has 0 atom stereocenters. The number of nitrogens with zero attached hydrogens (tertiary/aromatic N) is 1. The van der Waals surface area contributed by atoms with E-state index in [0.717, 1.165) is 44.5 Å². The Hall–Kier alpha value is -0.450. The molecule has 0 saturated carbocycles. The summed E-state index contributed by atoms with van der Waals surface area (Å²) in [4.78, 5) is 2.39. The Morgan fingerprint density at radius 1 is 1.05 bits per heavy atom. The van der Waals surface area contributed by atoms with Crippen LogP contribution in [0.15, 0.2) is 12.1 Å². The average Bonchev–Trinajstić information content (AvgIpc) is 2.35. The number of hydrogen-bond donors (Lipinski definition) is 2. The minimum atomic E-state index is -0.216. The number of aromatic hydroxyl groups is 2. The van der Waals surface area contributed by atoms with Crippen molar-refractivity contribution in [1.29, 1.82) is 0 Å². The van der Waals surface area contributed by atoms with Gasteiger partial charge in [-0.1, -0.05) is 31.5 Å². The number of hydrogen-bond acceptors (Lipinski definition) is 3. The molecule has 0 saturated heterocycles. The summed E-state index contributed by atoms with van der Waals surface area (Å²) in [6.07, 6.45) is 3.05. The third kappa shape index (κ3) is 5.59. The lowest BCUT2D eigenvalue weighted by atomic mass is 10.1. The van der Waals surface area contributed by atoms with Crippen LogP contribution in [0, 0.1) is 0 Å². The van der Waals surface area contributed by atoms with Gasteiger partial charge in [-0.25, -0.2) is 0 Å². The number of phenolic OH excluding ortho intramolecular Hbond substituents is 2. The van der Waals surface area contributed by atoms with Crippen LogP contribution < -0.4 is 0 Å². The minimum Gasteiger partial charge on any atom is -0.504 e. The first-order chi connectivity index (χ1) is 8.60. The topological polar surface area (TPSA) is 43.7 Å². The summed E-state index contributed by atoms with van der Waals surface area (Å²) in [5.74, 6) is -0.380. The largest absolute Gasteiger partial charge is 0.504 e. The molecule has 0 heterocycles. The van der Waals surface area contributed by atoms with Crippen molar-refractivity contribution in [3.8, 4) is 11.5 Å².